The molecule has 2 atom stereocenters. The number of hydrogen-bond donors (Lipinski definition) is 5. The minimum absolute atomic E-state index is 0.177. The van der Waals surface area contributed by atoms with Crippen LogP contribution in [0.5, 0.6) is 0 Å². The standard InChI is InChI=1S/C15H26BN3O3/c17-9-5-4-8-14(18)15(20)19-11-13(16(21)22)10-12-6-2-1-3-7-12/h1-3,6-7,13-14,21-22H,4-5,8-11,17-18H2,(H,19,20)/t13?,14-/m0/s1. The van der Waals surface area contributed by atoms with E-state index < -0.39 is 19.0 Å². The number of nitrogens with two attached hydrogens (primary N) is 2. The molecule has 1 aromatic rings. The highest BCUT2D eigenvalue weighted by Crippen LogP contribution is 2.14. The Morgan fingerprint density at radius 1 is 1.23 bits per heavy atom. The number of carbonyl (C=O) groups is 1. The third-order valence-corrected chi connectivity index (χ3v) is 3.61. The second-order valence-corrected chi connectivity index (χ2v) is 5.50. The maximum atomic E-state index is 11.9. The second kappa shape index (κ2) is 10.3. The monoisotopic (exact) mass is 307 g/mol. The van der Waals surface area contributed by atoms with Gasteiger partial charge < -0.3 is 26.8 Å². The van der Waals surface area contributed by atoms with Gasteiger partial charge in [0, 0.05) is 12.4 Å². The van der Waals surface area contributed by atoms with E-state index in [0.29, 0.717) is 19.4 Å². The molecule has 0 bridgehead atoms. The minimum Gasteiger partial charge on any atom is -0.427 e. The van der Waals surface area contributed by atoms with E-state index in [-0.39, 0.29) is 12.5 Å². The Hall–Kier alpha value is -1.41. The maximum absolute atomic E-state index is 11.9. The predicted molar refractivity (Wildman–Crippen MR) is 88.0 cm³/mol. The second-order valence-electron chi connectivity index (χ2n) is 5.50. The normalized spacial score (nSPS) is 13.5. The molecule has 0 aliphatic heterocycles. The van der Waals surface area contributed by atoms with Crippen LogP contribution in [0.1, 0.15) is 24.8 Å². The molecule has 0 saturated carbocycles. The third-order valence-electron chi connectivity index (χ3n) is 3.61. The van der Waals surface area contributed by atoms with Crippen LogP contribution in [-0.4, -0.2) is 42.2 Å². The first-order chi connectivity index (χ1) is 10.5. The number of unbranched alkanes of at least 4 members (excludes halogenated alkanes) is 1. The largest absolute Gasteiger partial charge is 0.456 e. The van der Waals surface area contributed by atoms with Crippen molar-refractivity contribution in [2.45, 2.75) is 37.5 Å². The van der Waals surface area contributed by atoms with Gasteiger partial charge in [0.05, 0.1) is 6.04 Å². The molecule has 0 saturated heterocycles. The number of amides is 1. The molecule has 0 heterocycles. The summed E-state index contributed by atoms with van der Waals surface area (Å²) in [6.07, 6.45) is 2.70. The van der Waals surface area contributed by atoms with E-state index in [1.165, 1.54) is 0 Å². The minimum atomic E-state index is -1.49. The van der Waals surface area contributed by atoms with Crippen LogP contribution in [0.2, 0.25) is 5.82 Å². The molecular formula is C15H26BN3O3. The lowest BCUT2D eigenvalue weighted by Crippen LogP contribution is -2.43. The van der Waals surface area contributed by atoms with Gasteiger partial charge in [0.1, 0.15) is 0 Å². The van der Waals surface area contributed by atoms with Crippen LogP contribution in [0, 0.1) is 0 Å². The first-order valence-electron chi connectivity index (χ1n) is 7.68. The molecular weight excluding hydrogens is 281 g/mol. The van der Waals surface area contributed by atoms with Crippen LogP contribution >= 0.6 is 0 Å². The fourth-order valence-electron chi connectivity index (χ4n) is 2.20. The summed E-state index contributed by atoms with van der Waals surface area (Å²) >= 11 is 0. The number of nitrogens with one attached hydrogen (secondary N) is 1. The van der Waals surface area contributed by atoms with Crippen LogP contribution < -0.4 is 16.8 Å². The zero-order valence-electron chi connectivity index (χ0n) is 12.8. The molecule has 122 valence electrons. The number of rotatable bonds is 10. The predicted octanol–water partition coefficient (Wildman–Crippen LogP) is -0.355. The van der Waals surface area contributed by atoms with Crippen molar-refractivity contribution in [1.82, 2.24) is 5.32 Å². The van der Waals surface area contributed by atoms with Gasteiger partial charge in [0.15, 0.2) is 0 Å². The molecule has 0 spiro atoms. The van der Waals surface area contributed by atoms with E-state index in [2.05, 4.69) is 5.32 Å². The summed E-state index contributed by atoms with van der Waals surface area (Å²) in [6, 6.07) is 8.92. The SMILES string of the molecule is NCCCC[C@H](N)C(=O)NCC(Cc1ccccc1)B(O)O. The average molecular weight is 307 g/mol. The summed E-state index contributed by atoms with van der Waals surface area (Å²) in [5.74, 6) is -0.738. The maximum Gasteiger partial charge on any atom is 0.456 e. The van der Waals surface area contributed by atoms with Gasteiger partial charge in [-0.1, -0.05) is 36.8 Å². The van der Waals surface area contributed by atoms with Gasteiger partial charge in [-0.15, -0.1) is 0 Å². The van der Waals surface area contributed by atoms with E-state index in [1.807, 2.05) is 30.3 Å². The van der Waals surface area contributed by atoms with Gasteiger partial charge in [0.2, 0.25) is 5.91 Å². The Balaban J connectivity index is 2.42. The lowest BCUT2D eigenvalue weighted by Gasteiger charge is -2.18. The van der Waals surface area contributed by atoms with Gasteiger partial charge in [-0.2, -0.15) is 0 Å². The summed E-state index contributed by atoms with van der Waals surface area (Å²) in [5.41, 5.74) is 12.2. The molecule has 0 aromatic heterocycles. The third kappa shape index (κ3) is 7.04. The van der Waals surface area contributed by atoms with Crippen molar-refractivity contribution in [2.24, 2.45) is 11.5 Å². The van der Waals surface area contributed by atoms with Crippen LogP contribution in [0.4, 0.5) is 0 Å². The first kappa shape index (κ1) is 18.6. The summed E-state index contributed by atoms with van der Waals surface area (Å²) in [7, 11) is -1.49. The van der Waals surface area contributed by atoms with E-state index in [1.54, 1.807) is 0 Å². The quantitative estimate of drug-likeness (QED) is 0.299. The van der Waals surface area contributed by atoms with Crippen molar-refractivity contribution in [3.05, 3.63) is 35.9 Å². The Bertz CT molecular complexity index is 431. The number of hydrogen-bond acceptors (Lipinski definition) is 5. The Morgan fingerprint density at radius 3 is 2.50 bits per heavy atom. The summed E-state index contributed by atoms with van der Waals surface area (Å²) in [5, 5.41) is 21.6. The lowest BCUT2D eigenvalue weighted by atomic mass is 9.69. The molecule has 1 aromatic carbocycles. The van der Waals surface area contributed by atoms with Crippen molar-refractivity contribution in [1.29, 1.82) is 0 Å². The molecule has 0 aliphatic rings. The Labute approximate surface area is 132 Å². The van der Waals surface area contributed by atoms with Crippen LogP contribution in [0.3, 0.4) is 0 Å². The van der Waals surface area contributed by atoms with Gasteiger partial charge in [0.25, 0.3) is 0 Å². The van der Waals surface area contributed by atoms with Crippen molar-refractivity contribution in [3.63, 3.8) is 0 Å². The number of carbonyl (C=O) groups excluding carboxylic acids is 1. The summed E-state index contributed by atoms with van der Waals surface area (Å²) in [4.78, 5) is 11.9. The summed E-state index contributed by atoms with van der Waals surface area (Å²) in [6.45, 7) is 0.764. The zero-order valence-corrected chi connectivity index (χ0v) is 12.8. The van der Waals surface area contributed by atoms with E-state index >= 15 is 0 Å². The lowest BCUT2D eigenvalue weighted by molar-refractivity contribution is -0.122. The molecule has 1 unspecified atom stereocenters. The first-order valence-corrected chi connectivity index (χ1v) is 7.68. The molecule has 7 N–H and O–H groups in total. The fourth-order valence-corrected chi connectivity index (χ4v) is 2.20. The van der Waals surface area contributed by atoms with Crippen LogP contribution in [0.25, 0.3) is 0 Å². The molecule has 0 fully saturated rings. The Kier molecular flexibility index (Phi) is 8.76. The zero-order chi connectivity index (χ0) is 16.4. The van der Waals surface area contributed by atoms with Gasteiger partial charge in [-0.3, -0.25) is 4.79 Å². The number of benzene rings is 1. The highest BCUT2D eigenvalue weighted by atomic mass is 16.4. The molecule has 7 heteroatoms. The van der Waals surface area contributed by atoms with Crippen LogP contribution in [0.15, 0.2) is 30.3 Å². The topological polar surface area (TPSA) is 122 Å². The van der Waals surface area contributed by atoms with Gasteiger partial charge in [-0.05, 0) is 31.4 Å². The molecule has 0 radical (unpaired) electrons. The fraction of sp³-hybridized carbons (Fsp3) is 0.533. The van der Waals surface area contributed by atoms with E-state index in [0.717, 1.165) is 18.4 Å². The highest BCUT2D eigenvalue weighted by molar-refractivity contribution is 6.43. The molecule has 0 aliphatic carbocycles. The molecule has 22 heavy (non-hydrogen) atoms. The smallest absolute Gasteiger partial charge is 0.427 e. The van der Waals surface area contributed by atoms with E-state index in [4.69, 9.17) is 11.5 Å². The van der Waals surface area contributed by atoms with Gasteiger partial charge >= 0.3 is 7.12 Å². The highest BCUT2D eigenvalue weighted by Gasteiger charge is 2.25. The average Bonchev–Trinajstić information content (AvgIpc) is 2.51. The summed E-state index contributed by atoms with van der Waals surface area (Å²) < 4.78 is 0. The van der Waals surface area contributed by atoms with Crippen molar-refractivity contribution in [2.75, 3.05) is 13.1 Å². The van der Waals surface area contributed by atoms with Crippen molar-refractivity contribution < 1.29 is 14.8 Å². The van der Waals surface area contributed by atoms with Crippen molar-refractivity contribution in [3.8, 4) is 0 Å². The van der Waals surface area contributed by atoms with Crippen LogP contribution in [-0.2, 0) is 11.2 Å². The van der Waals surface area contributed by atoms with Crippen molar-refractivity contribution >= 4 is 13.0 Å². The molecule has 1 rings (SSSR count). The molecule has 6 nitrogen and oxygen atoms in total. The Morgan fingerprint density at radius 2 is 1.91 bits per heavy atom. The van der Waals surface area contributed by atoms with E-state index in [9.17, 15) is 14.8 Å². The molecule has 1 amide bonds. The van der Waals surface area contributed by atoms with Gasteiger partial charge in [-0.25, -0.2) is 0 Å².